The Hall–Kier alpha value is -0.530. The predicted octanol–water partition coefficient (Wildman–Crippen LogP) is 7.40. The monoisotopic (exact) mass is 438 g/mol. The molecule has 0 aromatic rings. The van der Waals surface area contributed by atoms with Gasteiger partial charge < -0.3 is 4.74 Å². The van der Waals surface area contributed by atoms with Crippen LogP contribution in [0, 0.1) is 62.6 Å². The van der Waals surface area contributed by atoms with E-state index in [9.17, 15) is 4.79 Å². The quantitative estimate of drug-likeness (QED) is 0.429. The minimum atomic E-state index is -0.275. The van der Waals surface area contributed by atoms with E-state index in [4.69, 9.17) is 4.74 Å². The number of hydrogen-bond acceptors (Lipinski definition) is 2. The highest BCUT2D eigenvalue weighted by atomic mass is 16.6. The average Bonchev–Trinajstić information content (AvgIpc) is 3.54. The third-order valence-electron chi connectivity index (χ3n) is 14.2. The molecule has 0 aromatic heterocycles. The zero-order valence-corrected chi connectivity index (χ0v) is 21.6. The van der Waals surface area contributed by atoms with Crippen molar-refractivity contribution in [2.75, 3.05) is 0 Å². The average molecular weight is 439 g/mol. The lowest BCUT2D eigenvalue weighted by Gasteiger charge is -2.65. The highest BCUT2D eigenvalue weighted by molar-refractivity contribution is 5.78. The molecule has 8 fully saturated rings. The minimum absolute atomic E-state index is 0.178. The maximum atomic E-state index is 14.1. The van der Waals surface area contributed by atoms with Crippen molar-refractivity contribution in [1.29, 1.82) is 0 Å². The summed E-state index contributed by atoms with van der Waals surface area (Å²) in [5.41, 5.74) is 1.63. The molecule has 0 aromatic carbocycles. The van der Waals surface area contributed by atoms with E-state index in [-0.39, 0.29) is 17.0 Å². The largest absolute Gasteiger partial charge is 0.459 e. The Morgan fingerprint density at radius 3 is 2.25 bits per heavy atom. The van der Waals surface area contributed by atoms with Gasteiger partial charge in [-0.15, -0.1) is 0 Å². The first-order valence-electron chi connectivity index (χ1n) is 14.2. The number of hydrogen-bond donors (Lipinski definition) is 0. The fourth-order valence-electron chi connectivity index (χ4n) is 12.3. The van der Waals surface area contributed by atoms with E-state index in [0.29, 0.717) is 39.4 Å². The Morgan fingerprint density at radius 1 is 0.844 bits per heavy atom. The van der Waals surface area contributed by atoms with E-state index >= 15 is 0 Å². The summed E-state index contributed by atoms with van der Waals surface area (Å²) < 4.78 is 6.64. The van der Waals surface area contributed by atoms with Gasteiger partial charge in [0.2, 0.25) is 0 Å². The Labute approximate surface area is 196 Å². The molecule has 178 valence electrons. The first-order valence-corrected chi connectivity index (χ1v) is 14.2. The molecular weight excluding hydrogens is 392 g/mol. The van der Waals surface area contributed by atoms with Crippen molar-refractivity contribution in [3.8, 4) is 0 Å². The van der Waals surface area contributed by atoms with Crippen molar-refractivity contribution in [2.45, 2.75) is 118 Å². The Kier molecular flexibility index (Phi) is 3.67. The van der Waals surface area contributed by atoms with Crippen LogP contribution in [0.2, 0.25) is 0 Å². The van der Waals surface area contributed by atoms with Crippen molar-refractivity contribution >= 4 is 5.97 Å². The van der Waals surface area contributed by atoms with E-state index in [1.165, 1.54) is 57.8 Å². The third kappa shape index (κ3) is 2.15. The fourth-order valence-corrected chi connectivity index (χ4v) is 12.3. The molecule has 4 unspecified atom stereocenters. The van der Waals surface area contributed by atoms with Crippen LogP contribution in [0.3, 0.4) is 0 Å². The van der Waals surface area contributed by atoms with E-state index in [1.807, 2.05) is 0 Å². The van der Waals surface area contributed by atoms with Gasteiger partial charge in [0.1, 0.15) is 5.60 Å². The number of carbonyl (C=O) groups excluding carboxylic acids is 1. The fraction of sp³-hybridized carbons (Fsp3) is 0.967. The molecular formula is C30H46O2. The molecule has 0 N–H and O–H groups in total. The van der Waals surface area contributed by atoms with Crippen LogP contribution in [0.1, 0.15) is 112 Å². The predicted molar refractivity (Wildman–Crippen MR) is 127 cm³/mol. The zero-order chi connectivity index (χ0) is 22.5. The van der Waals surface area contributed by atoms with E-state index < -0.39 is 0 Å². The second kappa shape index (κ2) is 5.64. The van der Waals surface area contributed by atoms with Gasteiger partial charge in [-0.2, -0.15) is 0 Å². The van der Waals surface area contributed by atoms with E-state index in [0.717, 1.165) is 30.6 Å². The number of rotatable bonds is 3. The second-order valence-corrected chi connectivity index (χ2v) is 15.5. The lowest BCUT2D eigenvalue weighted by molar-refractivity contribution is -0.202. The van der Waals surface area contributed by atoms with Gasteiger partial charge in [-0.25, -0.2) is 0 Å². The lowest BCUT2D eigenvalue weighted by atomic mass is 9.39. The van der Waals surface area contributed by atoms with Crippen LogP contribution in [0.25, 0.3) is 0 Å². The zero-order valence-electron chi connectivity index (χ0n) is 21.6. The summed E-state index contributed by atoms with van der Waals surface area (Å²) in [5.74, 6) is 4.91. The van der Waals surface area contributed by atoms with Crippen LogP contribution in [0.15, 0.2) is 0 Å². The van der Waals surface area contributed by atoms with Crippen LogP contribution in [0.5, 0.6) is 0 Å². The SMILES string of the molecule is CC(C)C12CCC(C)(OC(=O)[C@]3(C)CCC[C@@]4(C)[C@@H]5CC6[C@@H]7C[C@@]5(CC[C@@H]43)C[C@]67C)C1C2. The first-order chi connectivity index (χ1) is 14.9. The van der Waals surface area contributed by atoms with Gasteiger partial charge in [-0.1, -0.05) is 34.1 Å². The number of ether oxygens (including phenoxy) is 1. The molecule has 0 saturated heterocycles. The van der Waals surface area contributed by atoms with Crippen molar-refractivity contribution in [3.63, 3.8) is 0 Å². The number of esters is 1. The number of fused-ring (bicyclic) bond motifs is 2. The van der Waals surface area contributed by atoms with Gasteiger partial charge in [0, 0.05) is 5.92 Å². The van der Waals surface area contributed by atoms with E-state index in [2.05, 4.69) is 41.5 Å². The Bertz CT molecular complexity index is 893. The molecule has 8 aliphatic carbocycles. The molecule has 8 rings (SSSR count). The van der Waals surface area contributed by atoms with Crippen LogP contribution < -0.4 is 0 Å². The van der Waals surface area contributed by atoms with Gasteiger partial charge in [0.25, 0.3) is 0 Å². The maximum Gasteiger partial charge on any atom is 0.312 e. The molecule has 1 spiro atoms. The lowest BCUT2D eigenvalue weighted by Crippen LogP contribution is -2.60. The molecule has 2 nitrogen and oxygen atoms in total. The van der Waals surface area contributed by atoms with E-state index in [1.54, 1.807) is 0 Å². The van der Waals surface area contributed by atoms with Gasteiger partial charge in [-0.3, -0.25) is 4.79 Å². The normalized spacial score (nSPS) is 63.4. The van der Waals surface area contributed by atoms with Crippen LogP contribution in [0.4, 0.5) is 0 Å². The molecule has 8 saturated carbocycles. The summed E-state index contributed by atoms with van der Waals surface area (Å²) in [7, 11) is 0. The molecule has 0 aliphatic heterocycles. The Balaban J connectivity index is 1.16. The molecule has 0 amide bonds. The van der Waals surface area contributed by atoms with Gasteiger partial charge >= 0.3 is 5.97 Å². The molecule has 8 aliphatic rings. The van der Waals surface area contributed by atoms with Gasteiger partial charge in [-0.05, 0) is 129 Å². The molecule has 2 heteroatoms. The highest BCUT2D eigenvalue weighted by Crippen LogP contribution is 2.85. The summed E-state index contributed by atoms with van der Waals surface area (Å²) in [5, 5.41) is 0. The highest BCUT2D eigenvalue weighted by Gasteiger charge is 2.79. The van der Waals surface area contributed by atoms with Crippen LogP contribution in [-0.2, 0) is 9.53 Å². The Morgan fingerprint density at radius 2 is 1.62 bits per heavy atom. The van der Waals surface area contributed by atoms with Crippen molar-refractivity contribution in [1.82, 2.24) is 0 Å². The smallest absolute Gasteiger partial charge is 0.312 e. The third-order valence-corrected chi connectivity index (χ3v) is 14.2. The second-order valence-electron chi connectivity index (χ2n) is 15.5. The number of carbonyl (C=O) groups is 1. The molecule has 0 radical (unpaired) electrons. The topological polar surface area (TPSA) is 26.3 Å². The van der Waals surface area contributed by atoms with Gasteiger partial charge in [0.05, 0.1) is 5.41 Å². The summed E-state index contributed by atoms with van der Waals surface area (Å²) in [6.07, 6.45) is 14.3. The molecule has 32 heavy (non-hydrogen) atoms. The minimum Gasteiger partial charge on any atom is -0.459 e. The standard InChI is InChI=1S/C30H46O2/c1-18(2)30-13-12-28(6,23(30)16-30)32-24(31)26(4)10-7-9-25(3)21(26)8-11-29-15-20-19(14-22(25)29)27(20,5)17-29/h18-23H,7-17H2,1-6H3/t19?,20-,21-,22-,23?,25+,26+,27+,28?,29-,30?/m0/s1. The maximum absolute atomic E-state index is 14.1. The van der Waals surface area contributed by atoms with Crippen molar-refractivity contribution in [3.05, 3.63) is 0 Å². The first kappa shape index (κ1) is 20.8. The summed E-state index contributed by atoms with van der Waals surface area (Å²) in [6.45, 7) is 14.6. The summed E-state index contributed by atoms with van der Waals surface area (Å²) in [4.78, 5) is 14.1. The van der Waals surface area contributed by atoms with Gasteiger partial charge in [0.15, 0.2) is 0 Å². The van der Waals surface area contributed by atoms with Crippen molar-refractivity contribution < 1.29 is 9.53 Å². The summed E-state index contributed by atoms with van der Waals surface area (Å²) in [6, 6.07) is 0. The van der Waals surface area contributed by atoms with Crippen LogP contribution in [-0.4, -0.2) is 11.6 Å². The van der Waals surface area contributed by atoms with Crippen LogP contribution >= 0.6 is 0 Å². The summed E-state index contributed by atoms with van der Waals surface area (Å²) >= 11 is 0. The molecule has 4 bridgehead atoms. The molecule has 0 heterocycles. The molecule has 11 atom stereocenters. The van der Waals surface area contributed by atoms with Crippen molar-refractivity contribution in [2.24, 2.45) is 62.6 Å².